The molecule has 114 valence electrons. The van der Waals surface area contributed by atoms with Crippen molar-refractivity contribution in [3.05, 3.63) is 16.1 Å². The van der Waals surface area contributed by atoms with Crippen LogP contribution in [0.2, 0.25) is 0 Å². The van der Waals surface area contributed by atoms with E-state index in [0.29, 0.717) is 6.54 Å². The molecule has 0 aliphatic heterocycles. The summed E-state index contributed by atoms with van der Waals surface area (Å²) in [6.45, 7) is 9.30. The summed E-state index contributed by atoms with van der Waals surface area (Å²) in [7, 11) is 0. The van der Waals surface area contributed by atoms with Gasteiger partial charge in [-0.2, -0.15) is 0 Å². The molecule has 4 heteroatoms. The molecule has 2 rings (SSSR count). The number of aliphatic hydroxyl groups excluding tert-OH is 1. The van der Waals surface area contributed by atoms with Crippen molar-refractivity contribution in [1.29, 1.82) is 0 Å². The third-order valence-corrected chi connectivity index (χ3v) is 5.99. The Morgan fingerprint density at radius 2 is 2.05 bits per heavy atom. The first-order valence-electron chi connectivity index (χ1n) is 7.62. The fraction of sp³-hybridized carbons (Fsp3) is 0.812. The molecule has 1 aliphatic rings. The summed E-state index contributed by atoms with van der Waals surface area (Å²) < 4.78 is 0. The Bertz CT molecular complexity index is 442. The number of thiazole rings is 1. The third-order valence-electron chi connectivity index (χ3n) is 4.70. The third kappa shape index (κ3) is 3.07. The smallest absolute Gasteiger partial charge is 0.104 e. The number of aliphatic hydroxyl groups is 1. The standard InChI is InChI=1S/C16H28N2OS/c1-11-5-7-16(10-17,8-6-11)13(19)12-9-20-14(18-12)15(2,3)4/h9,11,13,19H,5-8,10,17H2,1-4H3. The molecule has 1 aromatic heterocycles. The van der Waals surface area contributed by atoms with Crippen LogP contribution in [0.4, 0.5) is 0 Å². The van der Waals surface area contributed by atoms with Crippen molar-refractivity contribution in [3.63, 3.8) is 0 Å². The lowest BCUT2D eigenvalue weighted by molar-refractivity contribution is -0.0106. The maximum Gasteiger partial charge on any atom is 0.104 e. The highest BCUT2D eigenvalue weighted by molar-refractivity contribution is 7.09. The van der Waals surface area contributed by atoms with Crippen LogP contribution in [-0.2, 0) is 5.41 Å². The minimum atomic E-state index is -0.521. The Hall–Kier alpha value is -0.450. The van der Waals surface area contributed by atoms with Gasteiger partial charge < -0.3 is 10.8 Å². The zero-order valence-corrected chi connectivity index (χ0v) is 14.0. The van der Waals surface area contributed by atoms with Gasteiger partial charge in [-0.25, -0.2) is 4.98 Å². The van der Waals surface area contributed by atoms with Crippen molar-refractivity contribution < 1.29 is 5.11 Å². The molecule has 1 heterocycles. The number of nitrogens with zero attached hydrogens (tertiary/aromatic N) is 1. The van der Waals surface area contributed by atoms with Gasteiger partial charge in [0.15, 0.2) is 0 Å². The topological polar surface area (TPSA) is 59.1 Å². The largest absolute Gasteiger partial charge is 0.386 e. The van der Waals surface area contributed by atoms with Crippen LogP contribution < -0.4 is 5.73 Å². The first-order valence-corrected chi connectivity index (χ1v) is 8.50. The van der Waals surface area contributed by atoms with Gasteiger partial charge in [0.25, 0.3) is 0 Å². The molecule has 3 N–H and O–H groups in total. The fourth-order valence-electron chi connectivity index (χ4n) is 3.00. The summed E-state index contributed by atoms with van der Waals surface area (Å²) in [5.74, 6) is 0.752. The highest BCUT2D eigenvalue weighted by atomic mass is 32.1. The van der Waals surface area contributed by atoms with E-state index in [-0.39, 0.29) is 10.8 Å². The van der Waals surface area contributed by atoms with Crippen molar-refractivity contribution >= 4 is 11.3 Å². The lowest BCUT2D eigenvalue weighted by atomic mass is 9.67. The summed E-state index contributed by atoms with van der Waals surface area (Å²) in [5.41, 5.74) is 6.72. The Kier molecular flexibility index (Phi) is 4.57. The maximum absolute atomic E-state index is 10.8. The lowest BCUT2D eigenvalue weighted by Crippen LogP contribution is -2.40. The molecule has 1 aromatic rings. The van der Waals surface area contributed by atoms with Crippen LogP contribution in [0, 0.1) is 11.3 Å². The normalized spacial score (nSPS) is 29.4. The van der Waals surface area contributed by atoms with Gasteiger partial charge in [-0.1, -0.05) is 40.5 Å². The zero-order chi connectivity index (χ0) is 15.0. The Labute approximate surface area is 126 Å². The van der Waals surface area contributed by atoms with E-state index in [1.165, 1.54) is 0 Å². The van der Waals surface area contributed by atoms with Gasteiger partial charge in [0.2, 0.25) is 0 Å². The molecule has 0 amide bonds. The molecule has 0 spiro atoms. The first kappa shape index (κ1) is 15.9. The van der Waals surface area contributed by atoms with Gasteiger partial charge >= 0.3 is 0 Å². The number of nitrogens with two attached hydrogens (primary N) is 1. The van der Waals surface area contributed by atoms with Crippen LogP contribution in [0.15, 0.2) is 5.38 Å². The molecular weight excluding hydrogens is 268 g/mol. The lowest BCUT2D eigenvalue weighted by Gasteiger charge is -2.41. The highest BCUT2D eigenvalue weighted by Gasteiger charge is 2.41. The Morgan fingerprint density at radius 3 is 2.50 bits per heavy atom. The van der Waals surface area contributed by atoms with Gasteiger partial charge in [0, 0.05) is 22.8 Å². The van der Waals surface area contributed by atoms with E-state index < -0.39 is 6.10 Å². The van der Waals surface area contributed by atoms with Crippen molar-refractivity contribution in [2.24, 2.45) is 17.1 Å². The monoisotopic (exact) mass is 296 g/mol. The van der Waals surface area contributed by atoms with Crippen molar-refractivity contribution in [3.8, 4) is 0 Å². The van der Waals surface area contributed by atoms with Gasteiger partial charge in [-0.05, 0) is 18.8 Å². The van der Waals surface area contributed by atoms with Crippen molar-refractivity contribution in [1.82, 2.24) is 4.98 Å². The summed E-state index contributed by atoms with van der Waals surface area (Å²) in [6.07, 6.45) is 3.81. The fourth-order valence-corrected chi connectivity index (χ4v) is 3.92. The average molecular weight is 296 g/mol. The van der Waals surface area contributed by atoms with E-state index in [1.807, 2.05) is 5.38 Å². The molecule has 3 nitrogen and oxygen atoms in total. The summed E-state index contributed by atoms with van der Waals surface area (Å²) >= 11 is 1.65. The molecule has 0 aromatic carbocycles. The number of rotatable bonds is 3. The molecule has 0 bridgehead atoms. The van der Waals surface area contributed by atoms with E-state index in [0.717, 1.165) is 42.3 Å². The molecule has 0 radical (unpaired) electrons. The molecule has 1 unspecified atom stereocenters. The molecular formula is C16H28N2OS. The van der Waals surface area contributed by atoms with E-state index >= 15 is 0 Å². The Morgan fingerprint density at radius 1 is 1.45 bits per heavy atom. The van der Waals surface area contributed by atoms with E-state index in [9.17, 15) is 5.11 Å². The molecule has 1 fully saturated rings. The number of hydrogen-bond donors (Lipinski definition) is 2. The molecule has 20 heavy (non-hydrogen) atoms. The predicted molar refractivity (Wildman–Crippen MR) is 84.9 cm³/mol. The highest BCUT2D eigenvalue weighted by Crippen LogP contribution is 2.47. The average Bonchev–Trinajstić information content (AvgIpc) is 2.89. The quantitative estimate of drug-likeness (QED) is 0.895. The summed E-state index contributed by atoms with van der Waals surface area (Å²) in [4.78, 5) is 4.68. The first-order chi connectivity index (χ1) is 9.28. The van der Waals surface area contributed by atoms with Crippen LogP contribution in [0.1, 0.15) is 70.2 Å². The van der Waals surface area contributed by atoms with E-state index in [4.69, 9.17) is 5.73 Å². The van der Waals surface area contributed by atoms with Crippen LogP contribution in [0.5, 0.6) is 0 Å². The van der Waals surface area contributed by atoms with Crippen molar-refractivity contribution in [2.45, 2.75) is 64.9 Å². The van der Waals surface area contributed by atoms with Gasteiger partial charge in [0.1, 0.15) is 6.10 Å². The van der Waals surface area contributed by atoms with Crippen molar-refractivity contribution in [2.75, 3.05) is 6.54 Å². The van der Waals surface area contributed by atoms with Crippen LogP contribution in [0.3, 0.4) is 0 Å². The second-order valence-electron chi connectivity index (χ2n) is 7.48. The SMILES string of the molecule is CC1CCC(CN)(C(O)c2csc(C(C)(C)C)n2)CC1. The number of aromatic nitrogens is 1. The van der Waals surface area contributed by atoms with E-state index in [1.54, 1.807) is 11.3 Å². The minimum absolute atomic E-state index is 0.0413. The molecule has 1 atom stereocenters. The van der Waals surface area contributed by atoms with Gasteiger partial charge in [0.05, 0.1) is 10.7 Å². The minimum Gasteiger partial charge on any atom is -0.386 e. The summed E-state index contributed by atoms with van der Waals surface area (Å²) in [6, 6.07) is 0. The van der Waals surface area contributed by atoms with Crippen LogP contribution >= 0.6 is 11.3 Å². The maximum atomic E-state index is 10.8. The summed E-state index contributed by atoms with van der Waals surface area (Å²) in [5, 5.41) is 13.9. The van der Waals surface area contributed by atoms with Gasteiger partial charge in [-0.3, -0.25) is 0 Å². The second-order valence-corrected chi connectivity index (χ2v) is 8.34. The van der Waals surface area contributed by atoms with Crippen LogP contribution in [0.25, 0.3) is 0 Å². The number of hydrogen-bond acceptors (Lipinski definition) is 4. The Balaban J connectivity index is 2.20. The second kappa shape index (κ2) is 5.74. The van der Waals surface area contributed by atoms with Crippen LogP contribution in [-0.4, -0.2) is 16.6 Å². The zero-order valence-electron chi connectivity index (χ0n) is 13.1. The van der Waals surface area contributed by atoms with Gasteiger partial charge in [-0.15, -0.1) is 11.3 Å². The molecule has 0 saturated heterocycles. The predicted octanol–water partition coefficient (Wildman–Crippen LogP) is 3.63. The molecule has 1 saturated carbocycles. The van der Waals surface area contributed by atoms with E-state index in [2.05, 4.69) is 32.7 Å². The molecule has 1 aliphatic carbocycles.